The van der Waals surface area contributed by atoms with E-state index in [2.05, 4.69) is 10.3 Å². The summed E-state index contributed by atoms with van der Waals surface area (Å²) in [5.41, 5.74) is 0.935. The van der Waals surface area contributed by atoms with Crippen LogP contribution < -0.4 is 14.8 Å². The molecular weight excluding hydrogens is 316 g/mol. The molecule has 0 saturated carbocycles. The van der Waals surface area contributed by atoms with Gasteiger partial charge in [0.15, 0.2) is 16.6 Å². The Bertz CT molecular complexity index is 863. The van der Waals surface area contributed by atoms with Crippen molar-refractivity contribution in [3.63, 3.8) is 0 Å². The molecule has 116 valence electrons. The average molecular weight is 328 g/mol. The first-order valence-electron chi connectivity index (χ1n) is 7.00. The molecule has 2 N–H and O–H groups in total. The van der Waals surface area contributed by atoms with Crippen molar-refractivity contribution >= 4 is 32.6 Å². The summed E-state index contributed by atoms with van der Waals surface area (Å²) in [6, 6.07) is 10.0. The lowest BCUT2D eigenvalue weighted by atomic mass is 10.2. The summed E-state index contributed by atoms with van der Waals surface area (Å²) in [5, 5.41) is 12.9. The van der Waals surface area contributed by atoms with Gasteiger partial charge in [0.25, 0.3) is 5.91 Å². The molecular formula is C16H12N2O4S. The molecule has 4 rings (SSSR count). The Morgan fingerprint density at radius 2 is 1.91 bits per heavy atom. The zero-order valence-corrected chi connectivity index (χ0v) is 12.7. The lowest BCUT2D eigenvalue weighted by Crippen LogP contribution is -2.15. The van der Waals surface area contributed by atoms with Crippen LogP contribution in [0.25, 0.3) is 10.2 Å². The predicted octanol–water partition coefficient (Wildman–Crippen LogP) is 3.03. The third-order valence-electron chi connectivity index (χ3n) is 3.42. The molecule has 0 spiro atoms. The van der Waals surface area contributed by atoms with Crippen LogP contribution in [0.15, 0.2) is 36.4 Å². The van der Waals surface area contributed by atoms with Gasteiger partial charge in [-0.05, 0) is 12.1 Å². The number of carbonyl (C=O) groups excluding carboxylic acids is 1. The Labute approximate surface area is 135 Å². The molecule has 0 radical (unpaired) electrons. The standard InChI is InChI=1S/C16H12N2O4S/c19-11-4-2-1-3-9(11)15(20)18-16-17-10-7-12-13(8-14(10)23-16)22-6-5-21-12/h1-4,7-8,19H,5-6H2,(H,17,18,20). The smallest absolute Gasteiger partial charge is 0.261 e. The van der Waals surface area contributed by atoms with Gasteiger partial charge in [0.05, 0.1) is 15.8 Å². The van der Waals surface area contributed by atoms with Crippen LogP contribution in [0.4, 0.5) is 5.13 Å². The fraction of sp³-hybridized carbons (Fsp3) is 0.125. The predicted molar refractivity (Wildman–Crippen MR) is 86.7 cm³/mol. The van der Waals surface area contributed by atoms with Crippen LogP contribution >= 0.6 is 11.3 Å². The number of nitrogens with one attached hydrogen (secondary N) is 1. The zero-order valence-electron chi connectivity index (χ0n) is 11.9. The highest BCUT2D eigenvalue weighted by Crippen LogP contribution is 2.38. The zero-order chi connectivity index (χ0) is 15.8. The summed E-state index contributed by atoms with van der Waals surface area (Å²) >= 11 is 1.34. The monoisotopic (exact) mass is 328 g/mol. The maximum Gasteiger partial charge on any atom is 0.261 e. The van der Waals surface area contributed by atoms with Crippen molar-refractivity contribution in [3.05, 3.63) is 42.0 Å². The topological polar surface area (TPSA) is 80.7 Å². The number of aromatic nitrogens is 1. The summed E-state index contributed by atoms with van der Waals surface area (Å²) in [6.07, 6.45) is 0. The van der Waals surface area contributed by atoms with Crippen LogP contribution in [0.5, 0.6) is 17.2 Å². The Morgan fingerprint density at radius 3 is 2.70 bits per heavy atom. The second-order valence-electron chi connectivity index (χ2n) is 4.95. The van der Waals surface area contributed by atoms with Crippen LogP contribution in [0.1, 0.15) is 10.4 Å². The maximum atomic E-state index is 12.2. The van der Waals surface area contributed by atoms with Gasteiger partial charge >= 0.3 is 0 Å². The Hall–Kier alpha value is -2.80. The number of amides is 1. The highest BCUT2D eigenvalue weighted by atomic mass is 32.1. The fourth-order valence-corrected chi connectivity index (χ4v) is 3.22. The number of nitrogens with zero attached hydrogens (tertiary/aromatic N) is 1. The van der Waals surface area contributed by atoms with Gasteiger partial charge in [-0.1, -0.05) is 23.5 Å². The van der Waals surface area contributed by atoms with E-state index in [1.165, 1.54) is 17.4 Å². The second kappa shape index (κ2) is 5.44. The molecule has 1 aliphatic heterocycles. The van der Waals surface area contributed by atoms with Crippen LogP contribution in [0.2, 0.25) is 0 Å². The minimum Gasteiger partial charge on any atom is -0.507 e. The molecule has 1 aliphatic rings. The molecule has 0 fully saturated rings. The fourth-order valence-electron chi connectivity index (χ4n) is 2.35. The molecule has 23 heavy (non-hydrogen) atoms. The van der Waals surface area contributed by atoms with Crippen molar-refractivity contribution < 1.29 is 19.4 Å². The maximum absolute atomic E-state index is 12.2. The van der Waals surface area contributed by atoms with Gasteiger partial charge in [0.2, 0.25) is 0 Å². The van der Waals surface area contributed by atoms with Crippen molar-refractivity contribution in [2.24, 2.45) is 0 Å². The third-order valence-corrected chi connectivity index (χ3v) is 4.36. The van der Waals surface area contributed by atoms with Crippen molar-refractivity contribution in [1.29, 1.82) is 0 Å². The molecule has 1 amide bonds. The number of anilines is 1. The Balaban J connectivity index is 1.64. The molecule has 6 nitrogen and oxygen atoms in total. The quantitative estimate of drug-likeness (QED) is 0.756. The summed E-state index contributed by atoms with van der Waals surface area (Å²) < 4.78 is 12.0. The lowest BCUT2D eigenvalue weighted by molar-refractivity contribution is 0.102. The molecule has 0 aliphatic carbocycles. The van der Waals surface area contributed by atoms with Crippen LogP contribution in [-0.2, 0) is 0 Å². The number of ether oxygens (including phenoxy) is 2. The summed E-state index contributed by atoms with van der Waals surface area (Å²) in [5.74, 6) is 0.876. The molecule has 0 atom stereocenters. The second-order valence-corrected chi connectivity index (χ2v) is 5.98. The molecule has 3 aromatic rings. The average Bonchev–Trinajstić information content (AvgIpc) is 2.93. The number of hydrogen-bond donors (Lipinski definition) is 2. The largest absolute Gasteiger partial charge is 0.507 e. The molecule has 2 aromatic carbocycles. The molecule has 0 saturated heterocycles. The molecule has 7 heteroatoms. The van der Waals surface area contributed by atoms with Gasteiger partial charge in [0.1, 0.15) is 19.0 Å². The van der Waals surface area contributed by atoms with Crippen molar-refractivity contribution in [3.8, 4) is 17.2 Å². The number of para-hydroxylation sites is 1. The van der Waals surface area contributed by atoms with Crippen molar-refractivity contribution in [2.75, 3.05) is 18.5 Å². The van der Waals surface area contributed by atoms with Gasteiger partial charge in [0, 0.05) is 12.1 Å². The van der Waals surface area contributed by atoms with E-state index >= 15 is 0 Å². The molecule has 0 bridgehead atoms. The number of benzene rings is 2. The molecule has 1 aromatic heterocycles. The number of fused-ring (bicyclic) bond motifs is 2. The molecule has 2 heterocycles. The SMILES string of the molecule is O=C(Nc1nc2cc3c(cc2s1)OCCO3)c1ccccc1O. The van der Waals surface area contributed by atoms with E-state index in [4.69, 9.17) is 9.47 Å². The first kappa shape index (κ1) is 13.8. The van der Waals surface area contributed by atoms with Crippen LogP contribution in [0.3, 0.4) is 0 Å². The summed E-state index contributed by atoms with van der Waals surface area (Å²) in [7, 11) is 0. The van der Waals surface area contributed by atoms with Crippen LogP contribution in [-0.4, -0.2) is 29.2 Å². The Morgan fingerprint density at radius 1 is 1.17 bits per heavy atom. The van der Waals surface area contributed by atoms with E-state index in [9.17, 15) is 9.90 Å². The van der Waals surface area contributed by atoms with E-state index in [0.29, 0.717) is 29.8 Å². The van der Waals surface area contributed by atoms with Gasteiger partial charge in [-0.25, -0.2) is 4.98 Å². The van der Waals surface area contributed by atoms with Crippen LogP contribution in [0, 0.1) is 0 Å². The minimum absolute atomic E-state index is 0.0663. The normalized spacial score (nSPS) is 13.0. The number of phenolic OH excluding ortho intramolecular Hbond substituents is 1. The van der Waals surface area contributed by atoms with Gasteiger partial charge in [-0.2, -0.15) is 0 Å². The Kier molecular flexibility index (Phi) is 3.27. The first-order valence-corrected chi connectivity index (χ1v) is 7.82. The van der Waals surface area contributed by atoms with Gasteiger partial charge in [-0.3, -0.25) is 10.1 Å². The third kappa shape index (κ3) is 2.55. The highest BCUT2D eigenvalue weighted by molar-refractivity contribution is 7.22. The number of phenols is 1. The van der Waals surface area contributed by atoms with Gasteiger partial charge < -0.3 is 14.6 Å². The van der Waals surface area contributed by atoms with Crippen molar-refractivity contribution in [1.82, 2.24) is 4.98 Å². The number of thiazole rings is 1. The highest BCUT2D eigenvalue weighted by Gasteiger charge is 2.17. The van der Waals surface area contributed by atoms with Crippen molar-refractivity contribution in [2.45, 2.75) is 0 Å². The molecule has 0 unspecified atom stereocenters. The van der Waals surface area contributed by atoms with E-state index in [1.54, 1.807) is 24.3 Å². The summed E-state index contributed by atoms with van der Waals surface area (Å²) in [4.78, 5) is 16.6. The van der Waals surface area contributed by atoms with E-state index in [0.717, 1.165) is 10.2 Å². The summed E-state index contributed by atoms with van der Waals surface area (Å²) in [6.45, 7) is 1.04. The minimum atomic E-state index is -0.403. The van der Waals surface area contributed by atoms with E-state index in [-0.39, 0.29) is 11.3 Å². The lowest BCUT2D eigenvalue weighted by Gasteiger charge is -2.17. The number of aromatic hydroxyl groups is 1. The van der Waals surface area contributed by atoms with Gasteiger partial charge in [-0.15, -0.1) is 0 Å². The number of rotatable bonds is 2. The van der Waals surface area contributed by atoms with E-state index in [1.807, 2.05) is 6.07 Å². The first-order chi connectivity index (χ1) is 11.2. The van der Waals surface area contributed by atoms with E-state index < -0.39 is 5.91 Å². The number of carbonyl (C=O) groups is 1. The number of hydrogen-bond acceptors (Lipinski definition) is 6.